The van der Waals surface area contributed by atoms with Crippen LogP contribution in [0.3, 0.4) is 0 Å². The molecule has 0 unspecified atom stereocenters. The van der Waals surface area contributed by atoms with Gasteiger partial charge in [0.15, 0.2) is 0 Å². The molecule has 0 aliphatic carbocycles. The zero-order valence-electron chi connectivity index (χ0n) is 13.1. The zero-order chi connectivity index (χ0) is 15.9. The van der Waals surface area contributed by atoms with E-state index in [0.717, 1.165) is 37.4 Å². The van der Waals surface area contributed by atoms with Crippen molar-refractivity contribution in [2.24, 2.45) is 0 Å². The van der Waals surface area contributed by atoms with Gasteiger partial charge < -0.3 is 9.80 Å². The second kappa shape index (κ2) is 5.81. The fourth-order valence-corrected chi connectivity index (χ4v) is 3.86. The molecular weight excluding hydrogens is 300 g/mol. The maximum atomic E-state index is 12.5. The molecule has 0 atom stereocenters. The lowest BCUT2D eigenvalue weighted by atomic mass is 10.2. The Hall–Kier alpha value is -1.73. The van der Waals surface area contributed by atoms with Crippen LogP contribution in [0.15, 0.2) is 10.9 Å². The molecule has 2 aromatic rings. The number of rotatable bonds is 2. The SMILES string of the molecule is Cc1cc(C)c2c(=O)n(CC(=O)N3CCN(C)CC3)sc2n1. The highest BCUT2D eigenvalue weighted by Crippen LogP contribution is 2.19. The number of aromatic nitrogens is 2. The summed E-state index contributed by atoms with van der Waals surface area (Å²) in [6.45, 7) is 7.16. The van der Waals surface area contributed by atoms with Crippen LogP contribution in [0.2, 0.25) is 0 Å². The van der Waals surface area contributed by atoms with Gasteiger partial charge in [0, 0.05) is 31.9 Å². The number of nitrogens with zero attached hydrogens (tertiary/aromatic N) is 4. The summed E-state index contributed by atoms with van der Waals surface area (Å²) < 4.78 is 1.53. The van der Waals surface area contributed by atoms with Crippen LogP contribution in [0.5, 0.6) is 0 Å². The van der Waals surface area contributed by atoms with E-state index in [1.807, 2.05) is 24.8 Å². The molecule has 2 aromatic heterocycles. The molecule has 7 heteroatoms. The molecule has 3 heterocycles. The van der Waals surface area contributed by atoms with Crippen LogP contribution in [-0.4, -0.2) is 57.9 Å². The van der Waals surface area contributed by atoms with E-state index in [2.05, 4.69) is 16.9 Å². The van der Waals surface area contributed by atoms with Gasteiger partial charge in [0.1, 0.15) is 11.4 Å². The maximum Gasteiger partial charge on any atom is 0.270 e. The van der Waals surface area contributed by atoms with E-state index < -0.39 is 0 Å². The van der Waals surface area contributed by atoms with Crippen LogP contribution in [0.25, 0.3) is 10.2 Å². The Morgan fingerprint density at radius 2 is 1.95 bits per heavy atom. The number of likely N-dealkylation sites (N-methyl/N-ethyl adjacent to an activating group) is 1. The molecule has 22 heavy (non-hydrogen) atoms. The first-order valence-electron chi connectivity index (χ1n) is 7.40. The minimum atomic E-state index is -0.104. The Bertz CT molecular complexity index is 772. The lowest BCUT2D eigenvalue weighted by molar-refractivity contribution is -0.133. The van der Waals surface area contributed by atoms with Crippen LogP contribution in [0.1, 0.15) is 11.3 Å². The third-order valence-electron chi connectivity index (χ3n) is 4.08. The fourth-order valence-electron chi connectivity index (χ4n) is 2.78. The quantitative estimate of drug-likeness (QED) is 0.823. The summed E-state index contributed by atoms with van der Waals surface area (Å²) in [5, 5.41) is 0.641. The topological polar surface area (TPSA) is 58.4 Å². The number of aryl methyl sites for hydroxylation is 2. The Morgan fingerprint density at radius 3 is 2.64 bits per heavy atom. The van der Waals surface area contributed by atoms with E-state index >= 15 is 0 Å². The highest BCUT2D eigenvalue weighted by molar-refractivity contribution is 7.13. The summed E-state index contributed by atoms with van der Waals surface area (Å²) >= 11 is 1.28. The van der Waals surface area contributed by atoms with Gasteiger partial charge in [-0.25, -0.2) is 4.98 Å². The van der Waals surface area contributed by atoms with Gasteiger partial charge in [-0.2, -0.15) is 0 Å². The Labute approximate surface area is 133 Å². The maximum absolute atomic E-state index is 12.5. The molecule has 0 aromatic carbocycles. The van der Waals surface area contributed by atoms with E-state index in [0.29, 0.717) is 10.2 Å². The van der Waals surface area contributed by atoms with Gasteiger partial charge in [0.05, 0.1) is 5.39 Å². The van der Waals surface area contributed by atoms with Gasteiger partial charge in [-0.05, 0) is 44.1 Å². The predicted molar refractivity (Wildman–Crippen MR) is 87.4 cm³/mol. The van der Waals surface area contributed by atoms with E-state index in [4.69, 9.17) is 0 Å². The number of hydrogen-bond acceptors (Lipinski definition) is 5. The molecule has 0 radical (unpaired) electrons. The fraction of sp³-hybridized carbons (Fsp3) is 0.533. The largest absolute Gasteiger partial charge is 0.339 e. The van der Waals surface area contributed by atoms with Crippen molar-refractivity contribution < 1.29 is 4.79 Å². The number of fused-ring (bicyclic) bond motifs is 1. The molecule has 3 rings (SSSR count). The summed E-state index contributed by atoms with van der Waals surface area (Å²) in [5.41, 5.74) is 1.71. The Morgan fingerprint density at radius 1 is 1.27 bits per heavy atom. The van der Waals surface area contributed by atoms with Crippen LogP contribution in [0.4, 0.5) is 0 Å². The van der Waals surface area contributed by atoms with Crippen molar-refractivity contribution in [3.8, 4) is 0 Å². The van der Waals surface area contributed by atoms with Gasteiger partial charge in [-0.15, -0.1) is 0 Å². The second-order valence-corrected chi connectivity index (χ2v) is 6.89. The van der Waals surface area contributed by atoms with Crippen LogP contribution >= 0.6 is 11.5 Å². The first-order chi connectivity index (χ1) is 10.5. The number of carbonyl (C=O) groups is 1. The first-order valence-corrected chi connectivity index (χ1v) is 8.17. The zero-order valence-corrected chi connectivity index (χ0v) is 13.9. The minimum Gasteiger partial charge on any atom is -0.339 e. The van der Waals surface area contributed by atoms with Gasteiger partial charge >= 0.3 is 0 Å². The molecule has 1 aliphatic rings. The first kappa shape index (κ1) is 15.2. The van der Waals surface area contributed by atoms with Gasteiger partial charge in [-0.3, -0.25) is 13.5 Å². The van der Waals surface area contributed by atoms with Crippen molar-refractivity contribution in [2.45, 2.75) is 20.4 Å². The van der Waals surface area contributed by atoms with E-state index in [1.165, 1.54) is 15.5 Å². The van der Waals surface area contributed by atoms with Crippen LogP contribution in [0, 0.1) is 13.8 Å². The average Bonchev–Trinajstić information content (AvgIpc) is 2.75. The average molecular weight is 320 g/mol. The highest BCUT2D eigenvalue weighted by Gasteiger charge is 2.21. The van der Waals surface area contributed by atoms with Gasteiger partial charge in [-0.1, -0.05) is 0 Å². The summed E-state index contributed by atoms with van der Waals surface area (Å²) in [5.74, 6) is 0.0103. The predicted octanol–water partition coefficient (Wildman–Crippen LogP) is 0.849. The highest BCUT2D eigenvalue weighted by atomic mass is 32.1. The van der Waals surface area contributed by atoms with Gasteiger partial charge in [0.2, 0.25) is 5.91 Å². The van der Waals surface area contributed by atoms with Crippen molar-refractivity contribution >= 4 is 27.7 Å². The summed E-state index contributed by atoms with van der Waals surface area (Å²) in [6.07, 6.45) is 0. The van der Waals surface area contributed by atoms with Crippen molar-refractivity contribution in [2.75, 3.05) is 33.2 Å². The van der Waals surface area contributed by atoms with Crippen molar-refractivity contribution in [1.82, 2.24) is 18.7 Å². The minimum absolute atomic E-state index is 0.0103. The molecule has 0 saturated carbocycles. The summed E-state index contributed by atoms with van der Waals surface area (Å²) in [4.78, 5) is 34.0. The molecule has 1 fully saturated rings. The molecule has 1 saturated heterocycles. The Balaban J connectivity index is 1.85. The molecule has 0 bridgehead atoms. The number of piperazine rings is 1. The van der Waals surface area contributed by atoms with Crippen molar-refractivity contribution in [1.29, 1.82) is 0 Å². The monoisotopic (exact) mass is 320 g/mol. The summed E-state index contributed by atoms with van der Waals surface area (Å²) in [7, 11) is 2.05. The normalized spacial score (nSPS) is 16.4. The third-order valence-corrected chi connectivity index (χ3v) is 5.07. The summed E-state index contributed by atoms with van der Waals surface area (Å²) in [6, 6.07) is 1.91. The van der Waals surface area contributed by atoms with Gasteiger partial charge in [0.25, 0.3) is 5.56 Å². The van der Waals surface area contributed by atoms with E-state index in [1.54, 1.807) is 0 Å². The molecule has 0 spiro atoms. The number of hydrogen-bond donors (Lipinski definition) is 0. The molecular formula is C15H20N4O2S. The molecule has 0 N–H and O–H groups in total. The lowest BCUT2D eigenvalue weighted by Crippen LogP contribution is -2.48. The molecule has 1 amide bonds. The smallest absolute Gasteiger partial charge is 0.270 e. The number of carbonyl (C=O) groups excluding carboxylic acids is 1. The standard InChI is InChI=1S/C15H20N4O2S/c1-10-8-11(2)16-14-13(10)15(21)19(22-14)9-12(20)18-6-4-17(3)5-7-18/h8H,4-7,9H2,1-3H3. The second-order valence-electron chi connectivity index (χ2n) is 5.88. The van der Waals surface area contributed by atoms with E-state index in [-0.39, 0.29) is 18.0 Å². The Kier molecular flexibility index (Phi) is 4.01. The van der Waals surface area contributed by atoms with Crippen molar-refractivity contribution in [3.63, 3.8) is 0 Å². The van der Waals surface area contributed by atoms with E-state index in [9.17, 15) is 9.59 Å². The van der Waals surface area contributed by atoms with Crippen molar-refractivity contribution in [3.05, 3.63) is 27.7 Å². The third kappa shape index (κ3) is 2.78. The molecule has 6 nitrogen and oxygen atoms in total. The molecule has 118 valence electrons. The number of pyridine rings is 1. The lowest BCUT2D eigenvalue weighted by Gasteiger charge is -2.32. The molecule has 1 aliphatic heterocycles. The van der Waals surface area contributed by atoms with Crippen LogP contribution < -0.4 is 5.56 Å². The number of amides is 1. The van der Waals surface area contributed by atoms with Crippen LogP contribution in [-0.2, 0) is 11.3 Å².